The van der Waals surface area contributed by atoms with Gasteiger partial charge in [-0.05, 0) is 36.6 Å². The first-order chi connectivity index (χ1) is 12.9. The van der Waals surface area contributed by atoms with E-state index in [-0.39, 0.29) is 29.1 Å². The summed E-state index contributed by atoms with van der Waals surface area (Å²) in [6.07, 6.45) is 1.25. The van der Waals surface area contributed by atoms with Crippen molar-refractivity contribution in [1.82, 2.24) is 14.8 Å². The minimum Gasteiger partial charge on any atom is -0.497 e. The molecule has 0 radical (unpaired) electrons. The summed E-state index contributed by atoms with van der Waals surface area (Å²) in [6, 6.07) is 7.11. The Labute approximate surface area is 162 Å². The average Bonchev–Trinajstić information content (AvgIpc) is 3.16. The second kappa shape index (κ2) is 8.30. The fourth-order valence-corrected chi connectivity index (χ4v) is 5.53. The molecule has 1 aliphatic rings. The molecule has 1 fully saturated rings. The summed E-state index contributed by atoms with van der Waals surface area (Å²) >= 11 is 1.29. The Balaban J connectivity index is 1.52. The standard InChI is InChI=1S/C17H22N4O4S2/c1-21-15(9-12-7-8-27(23,24)11-12)19-20-17(21)26-10-16(22)18-13-3-5-14(25-2)6-4-13/h3-6,12H,7-11H2,1-2H3,(H,18,22)/t12-/m0/s1. The van der Waals surface area contributed by atoms with Crippen LogP contribution in [-0.2, 0) is 28.1 Å². The number of rotatable bonds is 7. The van der Waals surface area contributed by atoms with Crippen LogP contribution >= 0.6 is 11.8 Å². The lowest BCUT2D eigenvalue weighted by atomic mass is 10.1. The van der Waals surface area contributed by atoms with E-state index in [2.05, 4.69) is 15.5 Å². The monoisotopic (exact) mass is 410 g/mol. The second-order valence-electron chi connectivity index (χ2n) is 6.50. The number of methoxy groups -OCH3 is 1. The summed E-state index contributed by atoms with van der Waals surface area (Å²) in [4.78, 5) is 12.1. The second-order valence-corrected chi connectivity index (χ2v) is 9.67. The van der Waals surface area contributed by atoms with E-state index >= 15 is 0 Å². The van der Waals surface area contributed by atoms with Crippen molar-refractivity contribution in [3.8, 4) is 5.75 Å². The molecule has 1 aromatic heterocycles. The summed E-state index contributed by atoms with van der Waals surface area (Å²) in [7, 11) is 0.523. The Morgan fingerprint density at radius 2 is 2.07 bits per heavy atom. The SMILES string of the molecule is COc1ccc(NC(=O)CSc2nnc(C[C@@H]3CCS(=O)(=O)C3)n2C)cc1. The number of carbonyl (C=O) groups excluding carboxylic acids is 1. The highest BCUT2D eigenvalue weighted by atomic mass is 32.2. The smallest absolute Gasteiger partial charge is 0.234 e. The molecule has 0 spiro atoms. The fourth-order valence-electron chi connectivity index (χ4n) is 2.94. The van der Waals surface area contributed by atoms with Crippen LogP contribution in [-0.4, -0.2) is 53.5 Å². The van der Waals surface area contributed by atoms with E-state index < -0.39 is 9.84 Å². The number of benzene rings is 1. The Kier molecular flexibility index (Phi) is 6.05. The van der Waals surface area contributed by atoms with Gasteiger partial charge in [-0.3, -0.25) is 4.79 Å². The maximum absolute atomic E-state index is 12.1. The predicted octanol–water partition coefficient (Wildman–Crippen LogP) is 1.53. The van der Waals surface area contributed by atoms with Gasteiger partial charge in [0.1, 0.15) is 11.6 Å². The van der Waals surface area contributed by atoms with Crippen LogP contribution in [0.1, 0.15) is 12.2 Å². The molecule has 146 valence electrons. The zero-order valence-electron chi connectivity index (χ0n) is 15.2. The third-order valence-electron chi connectivity index (χ3n) is 4.43. The number of amides is 1. The molecule has 1 aliphatic heterocycles. The number of hydrogen-bond acceptors (Lipinski definition) is 7. The quantitative estimate of drug-likeness (QED) is 0.691. The molecule has 0 saturated carbocycles. The van der Waals surface area contributed by atoms with Crippen molar-refractivity contribution in [3.63, 3.8) is 0 Å². The van der Waals surface area contributed by atoms with E-state index in [4.69, 9.17) is 4.74 Å². The van der Waals surface area contributed by atoms with E-state index in [0.717, 1.165) is 11.6 Å². The van der Waals surface area contributed by atoms with Crippen LogP contribution in [0.25, 0.3) is 0 Å². The summed E-state index contributed by atoms with van der Waals surface area (Å²) in [6.45, 7) is 0. The molecule has 27 heavy (non-hydrogen) atoms. The van der Waals surface area contributed by atoms with Crippen LogP contribution in [0.4, 0.5) is 5.69 Å². The number of anilines is 1. The van der Waals surface area contributed by atoms with Crippen molar-refractivity contribution >= 4 is 33.2 Å². The molecule has 2 heterocycles. The van der Waals surface area contributed by atoms with Crippen molar-refractivity contribution < 1.29 is 17.9 Å². The number of carbonyl (C=O) groups is 1. The van der Waals surface area contributed by atoms with Crippen LogP contribution in [0.15, 0.2) is 29.4 Å². The Morgan fingerprint density at radius 1 is 1.33 bits per heavy atom. The topological polar surface area (TPSA) is 103 Å². The van der Waals surface area contributed by atoms with Gasteiger partial charge < -0.3 is 14.6 Å². The predicted molar refractivity (Wildman–Crippen MR) is 104 cm³/mol. The van der Waals surface area contributed by atoms with E-state index in [1.807, 2.05) is 11.6 Å². The summed E-state index contributed by atoms with van der Waals surface area (Å²) in [5, 5.41) is 11.7. The molecule has 1 N–H and O–H groups in total. The van der Waals surface area contributed by atoms with E-state index in [1.165, 1.54) is 11.8 Å². The molecule has 0 aliphatic carbocycles. The molecular formula is C17H22N4O4S2. The lowest BCUT2D eigenvalue weighted by Crippen LogP contribution is -2.14. The third kappa shape index (κ3) is 5.23. The van der Waals surface area contributed by atoms with Gasteiger partial charge in [-0.2, -0.15) is 0 Å². The molecule has 1 aromatic carbocycles. The molecule has 3 rings (SSSR count). The minimum absolute atomic E-state index is 0.0918. The van der Waals surface area contributed by atoms with Crippen LogP contribution in [0.5, 0.6) is 5.75 Å². The van der Waals surface area contributed by atoms with E-state index in [1.54, 1.807) is 31.4 Å². The van der Waals surface area contributed by atoms with Crippen molar-refractivity contribution in [2.75, 3.05) is 29.7 Å². The van der Waals surface area contributed by atoms with Gasteiger partial charge >= 0.3 is 0 Å². The van der Waals surface area contributed by atoms with Gasteiger partial charge in [0.15, 0.2) is 15.0 Å². The zero-order valence-corrected chi connectivity index (χ0v) is 16.8. The van der Waals surface area contributed by atoms with Crippen molar-refractivity contribution in [1.29, 1.82) is 0 Å². The van der Waals surface area contributed by atoms with Gasteiger partial charge in [0, 0.05) is 19.2 Å². The van der Waals surface area contributed by atoms with Crippen LogP contribution in [0, 0.1) is 5.92 Å². The largest absolute Gasteiger partial charge is 0.497 e. The molecule has 1 amide bonds. The Hall–Kier alpha value is -2.07. The van der Waals surface area contributed by atoms with Gasteiger partial charge in [0.2, 0.25) is 5.91 Å². The van der Waals surface area contributed by atoms with Crippen molar-refractivity contribution in [2.24, 2.45) is 13.0 Å². The molecule has 2 aromatic rings. The summed E-state index contributed by atoms with van der Waals surface area (Å²) in [5.74, 6) is 2.09. The number of nitrogens with one attached hydrogen (secondary N) is 1. The van der Waals surface area contributed by atoms with Crippen LogP contribution < -0.4 is 10.1 Å². The maximum atomic E-state index is 12.1. The number of hydrogen-bond donors (Lipinski definition) is 1. The summed E-state index contributed by atoms with van der Waals surface area (Å²) < 4.78 is 30.1. The normalized spacial score (nSPS) is 18.4. The first-order valence-corrected chi connectivity index (χ1v) is 11.3. The highest BCUT2D eigenvalue weighted by Crippen LogP contribution is 2.24. The maximum Gasteiger partial charge on any atom is 0.234 e. The van der Waals surface area contributed by atoms with Crippen LogP contribution in [0.3, 0.4) is 0 Å². The molecular weight excluding hydrogens is 388 g/mol. The number of nitrogens with zero attached hydrogens (tertiary/aromatic N) is 3. The van der Waals surface area contributed by atoms with Gasteiger partial charge in [0.25, 0.3) is 0 Å². The molecule has 10 heteroatoms. The third-order valence-corrected chi connectivity index (χ3v) is 7.29. The first-order valence-electron chi connectivity index (χ1n) is 8.51. The summed E-state index contributed by atoms with van der Waals surface area (Å²) in [5.41, 5.74) is 0.697. The number of thioether (sulfide) groups is 1. The molecule has 1 atom stereocenters. The van der Waals surface area contributed by atoms with E-state index in [9.17, 15) is 13.2 Å². The highest BCUT2D eigenvalue weighted by molar-refractivity contribution is 7.99. The Bertz CT molecular complexity index is 910. The van der Waals surface area contributed by atoms with Gasteiger partial charge in [-0.15, -0.1) is 10.2 Å². The Morgan fingerprint density at radius 3 is 2.70 bits per heavy atom. The molecule has 8 nitrogen and oxygen atoms in total. The van der Waals surface area contributed by atoms with Gasteiger partial charge in [0.05, 0.1) is 24.4 Å². The van der Waals surface area contributed by atoms with Crippen molar-refractivity contribution in [2.45, 2.75) is 18.0 Å². The molecule has 0 unspecified atom stereocenters. The van der Waals surface area contributed by atoms with Crippen LogP contribution in [0.2, 0.25) is 0 Å². The van der Waals surface area contributed by atoms with Gasteiger partial charge in [-0.25, -0.2) is 8.42 Å². The number of sulfone groups is 1. The molecule has 0 bridgehead atoms. The average molecular weight is 411 g/mol. The zero-order chi connectivity index (χ0) is 19.4. The number of aromatic nitrogens is 3. The van der Waals surface area contributed by atoms with Gasteiger partial charge in [-0.1, -0.05) is 11.8 Å². The highest BCUT2D eigenvalue weighted by Gasteiger charge is 2.29. The molecule has 1 saturated heterocycles. The van der Waals surface area contributed by atoms with Crippen molar-refractivity contribution in [3.05, 3.63) is 30.1 Å². The first kappa shape index (κ1) is 19.7. The van der Waals surface area contributed by atoms with E-state index in [0.29, 0.717) is 23.7 Å². The lowest BCUT2D eigenvalue weighted by Gasteiger charge is -2.08. The lowest BCUT2D eigenvalue weighted by molar-refractivity contribution is -0.113. The minimum atomic E-state index is -2.90. The fraction of sp³-hybridized carbons (Fsp3) is 0.471. The number of ether oxygens (including phenoxy) is 1.